The first-order valence-electron chi connectivity index (χ1n) is 3.71. The van der Waals surface area contributed by atoms with Gasteiger partial charge >= 0.3 is 0 Å². The molecule has 11 heavy (non-hydrogen) atoms. The maximum Gasteiger partial charge on any atom is 0.0348 e. The molecule has 0 saturated heterocycles. The van der Waals surface area contributed by atoms with Gasteiger partial charge in [0.2, 0.25) is 0 Å². The molecule has 0 saturated carbocycles. The monoisotopic (exact) mass is 189 g/mol. The lowest BCUT2D eigenvalue weighted by Crippen LogP contribution is -2.19. The predicted octanol–water partition coefficient (Wildman–Crippen LogP) is 2.12. The highest BCUT2D eigenvalue weighted by atomic mass is 35.5. The average molecular weight is 190 g/mol. The van der Waals surface area contributed by atoms with Crippen molar-refractivity contribution >= 4 is 22.9 Å². The number of thiophene rings is 1. The number of hydrogen-bond acceptors (Lipinski definition) is 2. The molecule has 1 aromatic heterocycles. The lowest BCUT2D eigenvalue weighted by molar-refractivity contribution is 0.720. The Balaban J connectivity index is 2.04. The van der Waals surface area contributed by atoms with Gasteiger partial charge in [-0.25, -0.2) is 0 Å². The van der Waals surface area contributed by atoms with E-state index in [-0.39, 0.29) is 0 Å². The maximum absolute atomic E-state index is 5.50. The number of hydrogen-bond donors (Lipinski definition) is 1. The standard InChI is InChI=1S/C8H12ClNS/c9-3-5-10-4-1-8-2-6-11-7-8/h2,6-7,10H,1,3-5H2. The summed E-state index contributed by atoms with van der Waals surface area (Å²) in [4.78, 5) is 0. The first-order valence-corrected chi connectivity index (χ1v) is 5.19. The van der Waals surface area contributed by atoms with Gasteiger partial charge in [0.15, 0.2) is 0 Å². The zero-order valence-electron chi connectivity index (χ0n) is 6.35. The van der Waals surface area contributed by atoms with Crippen LogP contribution in [0.15, 0.2) is 16.8 Å². The van der Waals surface area contributed by atoms with Gasteiger partial charge in [-0.1, -0.05) is 0 Å². The van der Waals surface area contributed by atoms with Gasteiger partial charge in [-0.15, -0.1) is 11.6 Å². The van der Waals surface area contributed by atoms with Crippen molar-refractivity contribution in [1.29, 1.82) is 0 Å². The molecule has 0 unspecified atom stereocenters. The van der Waals surface area contributed by atoms with Gasteiger partial charge in [0, 0.05) is 12.4 Å². The fourth-order valence-corrected chi connectivity index (χ4v) is 1.70. The van der Waals surface area contributed by atoms with Crippen LogP contribution in [0.4, 0.5) is 0 Å². The molecular weight excluding hydrogens is 178 g/mol. The summed E-state index contributed by atoms with van der Waals surface area (Å²) < 4.78 is 0. The Morgan fingerprint density at radius 2 is 2.36 bits per heavy atom. The highest BCUT2D eigenvalue weighted by Crippen LogP contribution is 2.05. The van der Waals surface area contributed by atoms with Gasteiger partial charge in [0.05, 0.1) is 0 Å². The van der Waals surface area contributed by atoms with Crippen molar-refractivity contribution in [3.05, 3.63) is 22.4 Å². The summed E-state index contributed by atoms with van der Waals surface area (Å²) in [6.45, 7) is 1.94. The van der Waals surface area contributed by atoms with Crippen LogP contribution >= 0.6 is 22.9 Å². The third-order valence-electron chi connectivity index (χ3n) is 1.44. The first kappa shape index (κ1) is 9.04. The SMILES string of the molecule is ClCCNCCc1ccsc1. The number of halogens is 1. The van der Waals surface area contributed by atoms with Crippen LogP contribution in [0.3, 0.4) is 0 Å². The molecule has 0 aliphatic heterocycles. The van der Waals surface area contributed by atoms with E-state index in [4.69, 9.17) is 11.6 Å². The summed E-state index contributed by atoms with van der Waals surface area (Å²) in [5, 5.41) is 7.54. The maximum atomic E-state index is 5.50. The van der Waals surface area contributed by atoms with Gasteiger partial charge < -0.3 is 5.32 Å². The normalized spacial score (nSPS) is 10.3. The Hall–Kier alpha value is -0.0500. The van der Waals surface area contributed by atoms with Crippen molar-refractivity contribution < 1.29 is 0 Å². The minimum atomic E-state index is 0.698. The van der Waals surface area contributed by atoms with E-state index in [1.165, 1.54) is 5.56 Å². The van der Waals surface area contributed by atoms with E-state index >= 15 is 0 Å². The zero-order valence-corrected chi connectivity index (χ0v) is 7.92. The summed E-state index contributed by atoms with van der Waals surface area (Å²) in [5.74, 6) is 0.698. The zero-order chi connectivity index (χ0) is 7.94. The molecule has 62 valence electrons. The lowest BCUT2D eigenvalue weighted by Gasteiger charge is -1.99. The summed E-state index contributed by atoms with van der Waals surface area (Å²) >= 11 is 7.25. The molecule has 0 spiro atoms. The number of alkyl halides is 1. The molecule has 0 radical (unpaired) electrons. The number of nitrogens with one attached hydrogen (secondary N) is 1. The molecule has 0 fully saturated rings. The molecule has 1 aromatic rings. The van der Waals surface area contributed by atoms with E-state index in [2.05, 4.69) is 22.1 Å². The molecule has 1 rings (SSSR count). The van der Waals surface area contributed by atoms with Gasteiger partial charge in [0.1, 0.15) is 0 Å². The van der Waals surface area contributed by atoms with E-state index < -0.39 is 0 Å². The first-order chi connectivity index (χ1) is 5.43. The van der Waals surface area contributed by atoms with Crippen molar-refractivity contribution in [1.82, 2.24) is 5.32 Å². The van der Waals surface area contributed by atoms with E-state index in [0.717, 1.165) is 19.5 Å². The fourth-order valence-electron chi connectivity index (χ4n) is 0.859. The van der Waals surface area contributed by atoms with Crippen LogP contribution in [0, 0.1) is 0 Å². The van der Waals surface area contributed by atoms with Crippen molar-refractivity contribution in [3.63, 3.8) is 0 Å². The van der Waals surface area contributed by atoms with Gasteiger partial charge in [0.25, 0.3) is 0 Å². The second kappa shape index (κ2) is 5.58. The second-order valence-corrected chi connectivity index (χ2v) is 3.48. The average Bonchev–Trinajstić information content (AvgIpc) is 2.50. The molecule has 0 atom stereocenters. The largest absolute Gasteiger partial charge is 0.315 e. The summed E-state index contributed by atoms with van der Waals surface area (Å²) in [7, 11) is 0. The van der Waals surface area contributed by atoms with Crippen molar-refractivity contribution in [2.45, 2.75) is 6.42 Å². The van der Waals surface area contributed by atoms with Crippen LogP contribution in [0.25, 0.3) is 0 Å². The molecule has 0 bridgehead atoms. The summed E-state index contributed by atoms with van der Waals surface area (Å²) in [6.07, 6.45) is 1.11. The summed E-state index contributed by atoms with van der Waals surface area (Å²) in [5.41, 5.74) is 1.41. The molecule has 3 heteroatoms. The predicted molar refractivity (Wildman–Crippen MR) is 51.6 cm³/mol. The molecule has 1 heterocycles. The minimum absolute atomic E-state index is 0.698. The Kier molecular flexibility index (Phi) is 4.59. The third kappa shape index (κ3) is 3.75. The van der Waals surface area contributed by atoms with Crippen molar-refractivity contribution in [2.75, 3.05) is 19.0 Å². The van der Waals surface area contributed by atoms with Crippen molar-refractivity contribution in [2.24, 2.45) is 0 Å². The molecule has 0 aliphatic carbocycles. The van der Waals surface area contributed by atoms with E-state index in [1.54, 1.807) is 11.3 Å². The highest BCUT2D eigenvalue weighted by molar-refractivity contribution is 7.07. The van der Waals surface area contributed by atoms with Crippen LogP contribution in [-0.4, -0.2) is 19.0 Å². The van der Waals surface area contributed by atoms with Gasteiger partial charge in [-0.3, -0.25) is 0 Å². The second-order valence-electron chi connectivity index (χ2n) is 2.32. The van der Waals surface area contributed by atoms with Crippen LogP contribution in [0.2, 0.25) is 0 Å². The van der Waals surface area contributed by atoms with E-state index in [1.807, 2.05) is 0 Å². The molecule has 1 nitrogen and oxygen atoms in total. The highest BCUT2D eigenvalue weighted by Gasteiger charge is 1.91. The van der Waals surface area contributed by atoms with Gasteiger partial charge in [-0.2, -0.15) is 11.3 Å². The molecular formula is C8H12ClNS. The van der Waals surface area contributed by atoms with Crippen LogP contribution in [0.5, 0.6) is 0 Å². The van der Waals surface area contributed by atoms with Gasteiger partial charge in [-0.05, 0) is 35.4 Å². The molecule has 0 amide bonds. The Morgan fingerprint density at radius 1 is 1.45 bits per heavy atom. The minimum Gasteiger partial charge on any atom is -0.315 e. The smallest absolute Gasteiger partial charge is 0.0348 e. The van der Waals surface area contributed by atoms with Crippen LogP contribution < -0.4 is 5.32 Å². The van der Waals surface area contributed by atoms with E-state index in [9.17, 15) is 0 Å². The topological polar surface area (TPSA) is 12.0 Å². The van der Waals surface area contributed by atoms with Crippen molar-refractivity contribution in [3.8, 4) is 0 Å². The van der Waals surface area contributed by atoms with Crippen LogP contribution in [-0.2, 0) is 6.42 Å². The van der Waals surface area contributed by atoms with E-state index in [0.29, 0.717) is 5.88 Å². The number of rotatable bonds is 5. The summed E-state index contributed by atoms with van der Waals surface area (Å²) in [6, 6.07) is 2.16. The molecule has 0 aliphatic rings. The van der Waals surface area contributed by atoms with Crippen LogP contribution in [0.1, 0.15) is 5.56 Å². The quantitative estimate of drug-likeness (QED) is 0.553. The fraction of sp³-hybridized carbons (Fsp3) is 0.500. The Bertz CT molecular complexity index is 174. The Labute approximate surface area is 76.4 Å². The molecule has 1 N–H and O–H groups in total. The third-order valence-corrected chi connectivity index (χ3v) is 2.36. The molecule has 0 aromatic carbocycles. The lowest BCUT2D eigenvalue weighted by atomic mass is 10.2. The Morgan fingerprint density at radius 3 is 3.00 bits per heavy atom.